The number of furan rings is 1. The van der Waals surface area contributed by atoms with Crippen LogP contribution in [0.25, 0.3) is 11.7 Å². The van der Waals surface area contributed by atoms with Gasteiger partial charge in [0.25, 0.3) is 11.1 Å². The Kier molecular flexibility index (Phi) is 3.62. The molecule has 82 valence electrons. The van der Waals surface area contributed by atoms with Crippen LogP contribution >= 0.6 is 11.8 Å². The zero-order chi connectivity index (χ0) is 11.2. The summed E-state index contributed by atoms with van der Waals surface area (Å²) in [5.74, 6) is 1.75. The SMILES string of the molecule is N#CCCCSc1nnc(-c2ccco2)o1. The summed E-state index contributed by atoms with van der Waals surface area (Å²) in [5, 5.41) is 16.6. The molecule has 0 bridgehead atoms. The van der Waals surface area contributed by atoms with E-state index in [2.05, 4.69) is 16.3 Å². The van der Waals surface area contributed by atoms with Crippen LogP contribution in [0.4, 0.5) is 0 Å². The van der Waals surface area contributed by atoms with E-state index in [-0.39, 0.29) is 0 Å². The smallest absolute Gasteiger partial charge is 0.284 e. The van der Waals surface area contributed by atoms with E-state index in [0.29, 0.717) is 23.3 Å². The van der Waals surface area contributed by atoms with Gasteiger partial charge in [0.15, 0.2) is 5.76 Å². The third-order valence-electron chi connectivity index (χ3n) is 1.80. The first-order valence-corrected chi connectivity index (χ1v) is 5.76. The van der Waals surface area contributed by atoms with Crippen LogP contribution < -0.4 is 0 Å². The van der Waals surface area contributed by atoms with Gasteiger partial charge in [0, 0.05) is 12.2 Å². The zero-order valence-electron chi connectivity index (χ0n) is 8.42. The second-order valence-corrected chi connectivity index (χ2v) is 4.01. The van der Waals surface area contributed by atoms with Gasteiger partial charge >= 0.3 is 0 Å². The quantitative estimate of drug-likeness (QED) is 0.585. The Hall–Kier alpha value is -1.74. The first kappa shape index (κ1) is 10.8. The van der Waals surface area contributed by atoms with Crippen molar-refractivity contribution in [1.82, 2.24) is 10.2 Å². The fourth-order valence-corrected chi connectivity index (χ4v) is 1.78. The van der Waals surface area contributed by atoms with Gasteiger partial charge in [-0.25, -0.2) is 0 Å². The molecule has 5 nitrogen and oxygen atoms in total. The number of aromatic nitrogens is 2. The van der Waals surface area contributed by atoms with Gasteiger partial charge < -0.3 is 8.83 Å². The van der Waals surface area contributed by atoms with Crippen molar-refractivity contribution in [1.29, 1.82) is 5.26 Å². The monoisotopic (exact) mass is 235 g/mol. The van der Waals surface area contributed by atoms with Crippen molar-refractivity contribution < 1.29 is 8.83 Å². The number of rotatable bonds is 5. The normalized spacial score (nSPS) is 10.2. The maximum atomic E-state index is 8.37. The van der Waals surface area contributed by atoms with Crippen molar-refractivity contribution in [3.05, 3.63) is 18.4 Å². The average Bonchev–Trinajstić information content (AvgIpc) is 2.94. The highest BCUT2D eigenvalue weighted by Gasteiger charge is 2.10. The predicted molar refractivity (Wildman–Crippen MR) is 57.6 cm³/mol. The number of hydrogen-bond acceptors (Lipinski definition) is 6. The Balaban J connectivity index is 1.91. The second kappa shape index (κ2) is 5.37. The van der Waals surface area contributed by atoms with Crippen molar-refractivity contribution in [2.75, 3.05) is 5.75 Å². The van der Waals surface area contributed by atoms with Crippen LogP contribution in [0.2, 0.25) is 0 Å². The Morgan fingerprint density at radius 3 is 3.12 bits per heavy atom. The van der Waals surface area contributed by atoms with Gasteiger partial charge in [0.05, 0.1) is 12.3 Å². The van der Waals surface area contributed by atoms with Gasteiger partial charge in [0.2, 0.25) is 0 Å². The molecule has 0 N–H and O–H groups in total. The van der Waals surface area contributed by atoms with Crippen molar-refractivity contribution in [2.24, 2.45) is 0 Å². The second-order valence-electron chi connectivity index (χ2n) is 2.96. The molecule has 0 saturated heterocycles. The molecule has 0 aromatic carbocycles. The van der Waals surface area contributed by atoms with Crippen molar-refractivity contribution in [2.45, 2.75) is 18.1 Å². The number of thioether (sulfide) groups is 1. The van der Waals surface area contributed by atoms with Crippen molar-refractivity contribution in [3.63, 3.8) is 0 Å². The molecule has 0 amide bonds. The standard InChI is InChI=1S/C10H9N3O2S/c11-5-1-2-7-16-10-13-12-9(15-10)8-4-3-6-14-8/h3-4,6H,1-2,7H2. The molecule has 0 fully saturated rings. The number of nitrogens with zero attached hydrogens (tertiary/aromatic N) is 3. The van der Waals surface area contributed by atoms with Crippen LogP contribution in [0.5, 0.6) is 0 Å². The van der Waals surface area contributed by atoms with Crippen LogP contribution in [0, 0.1) is 11.3 Å². The lowest BCUT2D eigenvalue weighted by Gasteiger charge is -1.91. The van der Waals surface area contributed by atoms with Crippen LogP contribution in [-0.4, -0.2) is 16.0 Å². The van der Waals surface area contributed by atoms with E-state index in [1.807, 2.05) is 0 Å². The lowest BCUT2D eigenvalue weighted by molar-refractivity contribution is 0.447. The molecule has 0 radical (unpaired) electrons. The molecule has 0 aliphatic rings. The third-order valence-corrected chi connectivity index (χ3v) is 2.70. The summed E-state index contributed by atoms with van der Waals surface area (Å²) in [6, 6.07) is 5.61. The van der Waals surface area contributed by atoms with Crippen molar-refractivity contribution in [3.8, 4) is 17.7 Å². The lowest BCUT2D eigenvalue weighted by atomic mass is 10.4. The van der Waals surface area contributed by atoms with Gasteiger partial charge in [-0.2, -0.15) is 5.26 Å². The molecular weight excluding hydrogens is 226 g/mol. The topological polar surface area (TPSA) is 75.8 Å². The van der Waals surface area contributed by atoms with Gasteiger partial charge in [0.1, 0.15) is 0 Å². The molecule has 0 saturated carbocycles. The van der Waals surface area contributed by atoms with Gasteiger partial charge in [-0.15, -0.1) is 10.2 Å². The largest absolute Gasteiger partial charge is 0.459 e. The molecule has 6 heteroatoms. The molecule has 0 aliphatic carbocycles. The van der Waals surface area contributed by atoms with Crippen molar-refractivity contribution >= 4 is 11.8 Å². The summed E-state index contributed by atoms with van der Waals surface area (Å²) in [6.45, 7) is 0. The third kappa shape index (κ3) is 2.64. The van der Waals surface area contributed by atoms with E-state index in [1.165, 1.54) is 11.8 Å². The molecule has 0 unspecified atom stereocenters. The fourth-order valence-electron chi connectivity index (χ4n) is 1.08. The number of nitriles is 1. The molecule has 2 heterocycles. The lowest BCUT2D eigenvalue weighted by Crippen LogP contribution is -1.78. The minimum atomic E-state index is 0.382. The molecule has 2 aromatic rings. The van der Waals surface area contributed by atoms with Crippen LogP contribution in [-0.2, 0) is 0 Å². The van der Waals surface area contributed by atoms with E-state index in [4.69, 9.17) is 14.1 Å². The maximum absolute atomic E-state index is 8.37. The Morgan fingerprint density at radius 2 is 2.38 bits per heavy atom. The van der Waals surface area contributed by atoms with E-state index in [9.17, 15) is 0 Å². The fraction of sp³-hybridized carbons (Fsp3) is 0.300. The van der Waals surface area contributed by atoms with E-state index < -0.39 is 0 Å². The summed E-state index contributed by atoms with van der Waals surface area (Å²) in [6.07, 6.45) is 2.92. The van der Waals surface area contributed by atoms with E-state index in [1.54, 1.807) is 18.4 Å². The highest BCUT2D eigenvalue weighted by molar-refractivity contribution is 7.99. The van der Waals surface area contributed by atoms with Crippen LogP contribution in [0.15, 0.2) is 32.5 Å². The molecule has 0 atom stereocenters. The molecule has 2 rings (SSSR count). The Bertz CT molecular complexity index is 472. The van der Waals surface area contributed by atoms with E-state index in [0.717, 1.165) is 12.2 Å². The predicted octanol–water partition coefficient (Wildman–Crippen LogP) is 2.73. The van der Waals surface area contributed by atoms with Gasteiger partial charge in [-0.1, -0.05) is 11.8 Å². The molecule has 16 heavy (non-hydrogen) atoms. The highest BCUT2D eigenvalue weighted by atomic mass is 32.2. The minimum absolute atomic E-state index is 0.382. The molecule has 0 aliphatic heterocycles. The Morgan fingerprint density at radius 1 is 1.44 bits per heavy atom. The summed E-state index contributed by atoms with van der Waals surface area (Å²) in [5.41, 5.74) is 0. The first-order valence-electron chi connectivity index (χ1n) is 4.77. The summed E-state index contributed by atoms with van der Waals surface area (Å²) in [4.78, 5) is 0. The highest BCUT2D eigenvalue weighted by Crippen LogP contribution is 2.23. The van der Waals surface area contributed by atoms with Gasteiger partial charge in [-0.05, 0) is 18.6 Å². The van der Waals surface area contributed by atoms with E-state index >= 15 is 0 Å². The maximum Gasteiger partial charge on any atom is 0.284 e. The number of hydrogen-bond donors (Lipinski definition) is 0. The Labute approximate surface area is 96.5 Å². The average molecular weight is 235 g/mol. The summed E-state index contributed by atoms with van der Waals surface area (Å²) in [7, 11) is 0. The summed E-state index contributed by atoms with van der Waals surface area (Å²) < 4.78 is 10.5. The molecular formula is C10H9N3O2S. The molecule has 2 aromatic heterocycles. The summed E-state index contributed by atoms with van der Waals surface area (Å²) >= 11 is 1.45. The zero-order valence-corrected chi connectivity index (χ0v) is 9.24. The minimum Gasteiger partial charge on any atom is -0.459 e. The molecule has 0 spiro atoms. The number of unbranched alkanes of at least 4 members (excludes halogenated alkanes) is 1. The van der Waals surface area contributed by atoms with Crippen LogP contribution in [0.3, 0.4) is 0 Å². The van der Waals surface area contributed by atoms with Crippen LogP contribution in [0.1, 0.15) is 12.8 Å². The first-order chi connectivity index (χ1) is 7.90. The van der Waals surface area contributed by atoms with Gasteiger partial charge in [-0.3, -0.25) is 0 Å².